The van der Waals surface area contributed by atoms with Gasteiger partial charge in [0.25, 0.3) is 0 Å². The van der Waals surface area contributed by atoms with Gasteiger partial charge in [0.2, 0.25) is 6.79 Å². The molecule has 0 amide bonds. The maximum Gasteiger partial charge on any atom is 0.321 e. The third kappa shape index (κ3) is 3.94. The number of fused-ring (bicyclic) bond motifs is 1. The molecule has 0 atom stereocenters. The third-order valence-corrected chi connectivity index (χ3v) is 4.07. The Labute approximate surface area is 121 Å². The van der Waals surface area contributed by atoms with Gasteiger partial charge >= 0.3 is 5.97 Å². The highest BCUT2D eigenvalue weighted by Gasteiger charge is 2.24. The van der Waals surface area contributed by atoms with E-state index in [1.54, 1.807) is 6.92 Å². The van der Waals surface area contributed by atoms with E-state index in [2.05, 4.69) is 4.74 Å². The van der Waals surface area contributed by atoms with Gasteiger partial charge in [0.15, 0.2) is 27.1 Å². The Hall–Kier alpha value is -2.09. The van der Waals surface area contributed by atoms with Crippen molar-refractivity contribution in [2.45, 2.75) is 6.92 Å². The summed E-state index contributed by atoms with van der Waals surface area (Å²) in [5.41, 5.74) is 0.187. The first-order valence-corrected chi connectivity index (χ1v) is 8.02. The molecule has 0 radical (unpaired) electrons. The minimum atomic E-state index is -3.86. The molecule has 0 saturated heterocycles. The molecular weight excluding hydrogens is 300 g/mol. The molecule has 0 saturated carbocycles. The molecule has 1 aliphatic heterocycles. The Morgan fingerprint density at radius 2 is 1.90 bits per heavy atom. The van der Waals surface area contributed by atoms with E-state index in [1.807, 2.05) is 0 Å². The van der Waals surface area contributed by atoms with Crippen LogP contribution < -0.4 is 9.47 Å². The zero-order valence-corrected chi connectivity index (χ0v) is 12.1. The van der Waals surface area contributed by atoms with Gasteiger partial charge in [-0.15, -0.1) is 0 Å². The number of hydrogen-bond donors (Lipinski definition) is 0. The number of Topliss-reactive ketones (excluding diaryl/α,β-unsaturated/α-hetero) is 1. The van der Waals surface area contributed by atoms with Crippen LogP contribution in [0.3, 0.4) is 0 Å². The fourth-order valence-corrected chi connectivity index (χ4v) is 2.90. The number of carbonyl (C=O) groups is 2. The zero-order valence-electron chi connectivity index (χ0n) is 11.3. The average molecular weight is 314 g/mol. The molecule has 1 aromatic rings. The molecule has 21 heavy (non-hydrogen) atoms. The Kier molecular flexibility index (Phi) is 4.46. The number of benzene rings is 1. The SMILES string of the molecule is CCOC(=O)CS(=O)(=O)CC(=O)c1ccc2c(c1)OCO2. The standard InChI is InChI=1S/C13H14O7S/c1-2-18-13(15)7-21(16,17)6-10(14)9-3-4-11-12(5-9)20-8-19-11/h3-5H,2,6-8H2,1H3. The van der Waals surface area contributed by atoms with Crippen LogP contribution in [0.5, 0.6) is 11.5 Å². The third-order valence-electron chi connectivity index (χ3n) is 2.69. The van der Waals surface area contributed by atoms with Gasteiger partial charge in [-0.25, -0.2) is 8.42 Å². The summed E-state index contributed by atoms with van der Waals surface area (Å²) in [5.74, 6) is -2.15. The number of hydrogen-bond acceptors (Lipinski definition) is 7. The van der Waals surface area contributed by atoms with Gasteiger partial charge in [-0.3, -0.25) is 9.59 Å². The van der Waals surface area contributed by atoms with Crippen molar-refractivity contribution < 1.29 is 32.2 Å². The molecular formula is C13H14O7S. The van der Waals surface area contributed by atoms with E-state index < -0.39 is 33.1 Å². The van der Waals surface area contributed by atoms with Crippen molar-refractivity contribution in [2.75, 3.05) is 24.9 Å². The van der Waals surface area contributed by atoms with E-state index in [0.717, 1.165) is 0 Å². The predicted molar refractivity (Wildman–Crippen MR) is 72.2 cm³/mol. The first kappa shape index (κ1) is 15.3. The van der Waals surface area contributed by atoms with Gasteiger partial charge in [-0.05, 0) is 25.1 Å². The summed E-state index contributed by atoms with van der Waals surface area (Å²) in [7, 11) is -3.86. The fraction of sp³-hybridized carbons (Fsp3) is 0.385. The van der Waals surface area contributed by atoms with Crippen molar-refractivity contribution in [3.8, 4) is 11.5 Å². The first-order valence-electron chi connectivity index (χ1n) is 6.20. The van der Waals surface area contributed by atoms with Crippen molar-refractivity contribution in [3.63, 3.8) is 0 Å². The largest absolute Gasteiger partial charge is 0.465 e. The minimum Gasteiger partial charge on any atom is -0.465 e. The summed E-state index contributed by atoms with van der Waals surface area (Å²) in [4.78, 5) is 23.2. The molecule has 0 spiro atoms. The van der Waals surface area contributed by atoms with Crippen molar-refractivity contribution in [1.29, 1.82) is 0 Å². The maximum atomic E-state index is 12.0. The van der Waals surface area contributed by atoms with Crippen LogP contribution in [-0.4, -0.2) is 45.1 Å². The Bertz CT molecular complexity index is 663. The summed E-state index contributed by atoms with van der Waals surface area (Å²) in [6.07, 6.45) is 0. The van der Waals surface area contributed by atoms with Gasteiger partial charge in [-0.1, -0.05) is 0 Å². The highest BCUT2D eigenvalue weighted by molar-refractivity contribution is 7.92. The normalized spacial score (nSPS) is 13.0. The number of esters is 1. The van der Waals surface area contributed by atoms with Crippen molar-refractivity contribution in [1.82, 2.24) is 0 Å². The second kappa shape index (κ2) is 6.13. The molecule has 0 unspecified atom stereocenters. The van der Waals surface area contributed by atoms with E-state index >= 15 is 0 Å². The summed E-state index contributed by atoms with van der Waals surface area (Å²) in [6, 6.07) is 4.41. The highest BCUT2D eigenvalue weighted by Crippen LogP contribution is 2.32. The lowest BCUT2D eigenvalue weighted by atomic mass is 10.1. The summed E-state index contributed by atoms with van der Waals surface area (Å²) in [5, 5.41) is 0. The molecule has 0 N–H and O–H groups in total. The lowest BCUT2D eigenvalue weighted by molar-refractivity contribution is -0.139. The molecule has 7 nitrogen and oxygen atoms in total. The number of ketones is 1. The van der Waals surface area contributed by atoms with Crippen LogP contribution in [0.4, 0.5) is 0 Å². The number of sulfone groups is 1. The highest BCUT2D eigenvalue weighted by atomic mass is 32.2. The van der Waals surface area contributed by atoms with Crippen molar-refractivity contribution >= 4 is 21.6 Å². The Morgan fingerprint density at radius 1 is 1.19 bits per heavy atom. The van der Waals surface area contributed by atoms with E-state index in [0.29, 0.717) is 11.5 Å². The van der Waals surface area contributed by atoms with Crippen LogP contribution in [0.1, 0.15) is 17.3 Å². The summed E-state index contributed by atoms with van der Waals surface area (Å²) >= 11 is 0. The summed E-state index contributed by atoms with van der Waals surface area (Å²) in [6.45, 7) is 1.72. The maximum absolute atomic E-state index is 12.0. The average Bonchev–Trinajstić information content (AvgIpc) is 2.84. The van der Waals surface area contributed by atoms with Crippen LogP contribution in [0.15, 0.2) is 18.2 Å². The van der Waals surface area contributed by atoms with Crippen LogP contribution in [0.2, 0.25) is 0 Å². The zero-order chi connectivity index (χ0) is 15.5. The molecule has 114 valence electrons. The van der Waals surface area contributed by atoms with Crippen LogP contribution in [0.25, 0.3) is 0 Å². The predicted octanol–water partition coefficient (Wildman–Crippen LogP) is 0.576. The second-order valence-corrected chi connectivity index (χ2v) is 6.39. The van der Waals surface area contributed by atoms with Crippen LogP contribution >= 0.6 is 0 Å². The lowest BCUT2D eigenvalue weighted by Gasteiger charge is -2.05. The summed E-state index contributed by atoms with van der Waals surface area (Å²) < 4.78 is 38.3. The number of carbonyl (C=O) groups excluding carboxylic acids is 2. The van der Waals surface area contributed by atoms with E-state index in [4.69, 9.17) is 9.47 Å². The van der Waals surface area contributed by atoms with Gasteiger partial charge < -0.3 is 14.2 Å². The fourth-order valence-electron chi connectivity index (χ4n) is 1.79. The van der Waals surface area contributed by atoms with Crippen LogP contribution in [-0.2, 0) is 19.4 Å². The van der Waals surface area contributed by atoms with Gasteiger partial charge in [0.1, 0.15) is 11.5 Å². The van der Waals surface area contributed by atoms with Crippen molar-refractivity contribution in [2.24, 2.45) is 0 Å². The van der Waals surface area contributed by atoms with E-state index in [1.165, 1.54) is 18.2 Å². The smallest absolute Gasteiger partial charge is 0.321 e. The van der Waals surface area contributed by atoms with E-state index in [-0.39, 0.29) is 19.0 Å². The quantitative estimate of drug-likeness (QED) is 0.559. The topological polar surface area (TPSA) is 96.0 Å². The number of rotatable bonds is 6. The molecule has 8 heteroatoms. The minimum absolute atomic E-state index is 0.0636. The van der Waals surface area contributed by atoms with Gasteiger partial charge in [0.05, 0.1) is 6.61 Å². The molecule has 0 fully saturated rings. The van der Waals surface area contributed by atoms with Gasteiger partial charge in [0, 0.05) is 5.56 Å². The van der Waals surface area contributed by atoms with E-state index in [9.17, 15) is 18.0 Å². The Balaban J connectivity index is 2.05. The molecule has 0 aromatic heterocycles. The molecule has 1 heterocycles. The molecule has 2 rings (SSSR count). The van der Waals surface area contributed by atoms with Crippen LogP contribution in [0, 0.1) is 0 Å². The molecule has 0 aliphatic carbocycles. The number of ether oxygens (including phenoxy) is 3. The first-order chi connectivity index (χ1) is 9.91. The monoisotopic (exact) mass is 314 g/mol. The molecule has 1 aromatic carbocycles. The second-order valence-electron chi connectivity index (χ2n) is 4.33. The van der Waals surface area contributed by atoms with Gasteiger partial charge in [-0.2, -0.15) is 0 Å². The van der Waals surface area contributed by atoms with Crippen molar-refractivity contribution in [3.05, 3.63) is 23.8 Å². The lowest BCUT2D eigenvalue weighted by Crippen LogP contribution is -2.25. The Morgan fingerprint density at radius 3 is 2.62 bits per heavy atom. The molecule has 1 aliphatic rings. The molecule has 0 bridgehead atoms.